The molecule has 0 saturated heterocycles. The summed E-state index contributed by atoms with van der Waals surface area (Å²) in [5.41, 5.74) is 3.53. The summed E-state index contributed by atoms with van der Waals surface area (Å²) < 4.78 is 13.6. The number of rotatable bonds is 5. The monoisotopic (exact) mass is 350 g/mol. The first-order valence-electron chi connectivity index (χ1n) is 8.22. The molecule has 1 aromatic heterocycles. The van der Waals surface area contributed by atoms with Gasteiger partial charge in [0.15, 0.2) is 11.6 Å². The highest BCUT2D eigenvalue weighted by Crippen LogP contribution is 2.20. The maximum absolute atomic E-state index is 13.6. The third-order valence-electron chi connectivity index (χ3n) is 3.90. The molecule has 0 fully saturated rings. The maximum atomic E-state index is 13.6. The number of hydrogen-bond donors (Lipinski definition) is 2. The van der Waals surface area contributed by atoms with Crippen molar-refractivity contribution in [2.75, 3.05) is 10.6 Å². The molecule has 0 saturated carbocycles. The zero-order chi connectivity index (χ0) is 18.5. The molecular weight excluding hydrogens is 331 g/mol. The highest BCUT2D eigenvalue weighted by atomic mass is 19.1. The van der Waals surface area contributed by atoms with Crippen LogP contribution in [0.25, 0.3) is 0 Å². The Morgan fingerprint density at radius 2 is 1.73 bits per heavy atom. The summed E-state index contributed by atoms with van der Waals surface area (Å²) in [6, 6.07) is 15.7. The topological polar surface area (TPSA) is 66.9 Å². The number of carbonyl (C=O) groups is 1. The predicted octanol–water partition coefficient (Wildman–Crippen LogP) is 4.16. The van der Waals surface area contributed by atoms with Crippen molar-refractivity contribution in [3.8, 4) is 0 Å². The van der Waals surface area contributed by atoms with Gasteiger partial charge in [-0.3, -0.25) is 4.79 Å². The van der Waals surface area contributed by atoms with E-state index in [1.54, 1.807) is 30.3 Å². The quantitative estimate of drug-likeness (QED) is 0.725. The van der Waals surface area contributed by atoms with Crippen molar-refractivity contribution in [2.45, 2.75) is 20.3 Å². The third-order valence-corrected chi connectivity index (χ3v) is 3.90. The first-order valence-corrected chi connectivity index (χ1v) is 8.22. The van der Waals surface area contributed by atoms with Crippen molar-refractivity contribution < 1.29 is 9.18 Å². The third kappa shape index (κ3) is 4.42. The Hall–Kier alpha value is -3.28. The van der Waals surface area contributed by atoms with E-state index in [-0.39, 0.29) is 12.3 Å². The number of carbonyl (C=O) groups excluding carboxylic acids is 1. The maximum Gasteiger partial charge on any atom is 0.230 e. The van der Waals surface area contributed by atoms with Crippen molar-refractivity contribution in [1.82, 2.24) is 10.2 Å². The van der Waals surface area contributed by atoms with Crippen molar-refractivity contribution in [1.29, 1.82) is 0 Å². The number of aromatic nitrogens is 2. The van der Waals surface area contributed by atoms with Gasteiger partial charge in [-0.1, -0.05) is 30.3 Å². The van der Waals surface area contributed by atoms with Crippen LogP contribution in [0.5, 0.6) is 0 Å². The van der Waals surface area contributed by atoms with Crippen LogP contribution in [0.1, 0.15) is 16.7 Å². The Bertz CT molecular complexity index is 925. The van der Waals surface area contributed by atoms with Crippen molar-refractivity contribution in [2.24, 2.45) is 0 Å². The van der Waals surface area contributed by atoms with Gasteiger partial charge in [-0.05, 0) is 54.8 Å². The van der Waals surface area contributed by atoms with Crippen LogP contribution in [0.15, 0.2) is 54.6 Å². The van der Waals surface area contributed by atoms with Crippen molar-refractivity contribution in [3.05, 3.63) is 77.1 Å². The average molecular weight is 350 g/mol. The van der Waals surface area contributed by atoms with Gasteiger partial charge in [-0.25, -0.2) is 4.39 Å². The van der Waals surface area contributed by atoms with Gasteiger partial charge in [0, 0.05) is 5.69 Å². The molecule has 5 nitrogen and oxygen atoms in total. The van der Waals surface area contributed by atoms with E-state index in [2.05, 4.69) is 20.8 Å². The molecule has 0 aliphatic rings. The lowest BCUT2D eigenvalue weighted by Crippen LogP contribution is -2.16. The van der Waals surface area contributed by atoms with Crippen LogP contribution in [0.4, 0.5) is 21.7 Å². The lowest BCUT2D eigenvalue weighted by Gasteiger charge is -2.10. The molecule has 1 heterocycles. The molecule has 26 heavy (non-hydrogen) atoms. The van der Waals surface area contributed by atoms with Crippen LogP contribution in [-0.4, -0.2) is 16.1 Å². The summed E-state index contributed by atoms with van der Waals surface area (Å²) in [6.07, 6.45) is -0.0587. The van der Waals surface area contributed by atoms with E-state index in [1.165, 1.54) is 6.07 Å². The minimum atomic E-state index is -0.401. The zero-order valence-electron chi connectivity index (χ0n) is 14.6. The summed E-state index contributed by atoms with van der Waals surface area (Å²) in [7, 11) is 0. The molecule has 0 radical (unpaired) electrons. The van der Waals surface area contributed by atoms with E-state index in [4.69, 9.17) is 0 Å². The molecule has 3 aromatic rings. The van der Waals surface area contributed by atoms with Crippen LogP contribution in [0.3, 0.4) is 0 Å². The minimum absolute atomic E-state index is 0.0587. The fraction of sp³-hybridized carbons (Fsp3) is 0.150. The molecule has 6 heteroatoms. The Kier molecular flexibility index (Phi) is 5.22. The first-order chi connectivity index (χ1) is 12.5. The van der Waals surface area contributed by atoms with Gasteiger partial charge in [0.25, 0.3) is 0 Å². The number of nitrogens with zero attached hydrogens (tertiary/aromatic N) is 2. The summed E-state index contributed by atoms with van der Waals surface area (Å²) in [5, 5.41) is 13.9. The Balaban J connectivity index is 1.63. The molecule has 0 atom stereocenters. The second-order valence-corrected chi connectivity index (χ2v) is 6.06. The average Bonchev–Trinajstić information content (AvgIpc) is 2.62. The number of aryl methyl sites for hydroxylation is 2. The standard InChI is InChI=1S/C20H19FN4O/c1-13-7-8-14(2)17(11-13)22-18-9-10-19(25-24-18)23-20(26)12-15-5-3-4-6-16(15)21/h3-11H,12H2,1-2H3,(H,22,24)(H,23,25,26). The van der Waals surface area contributed by atoms with Gasteiger partial charge in [-0.15, -0.1) is 10.2 Å². The molecule has 0 aliphatic heterocycles. The SMILES string of the molecule is Cc1ccc(C)c(Nc2ccc(NC(=O)Cc3ccccc3F)nn2)c1. The van der Waals surface area contributed by atoms with Gasteiger partial charge >= 0.3 is 0 Å². The number of benzene rings is 2. The second-order valence-electron chi connectivity index (χ2n) is 6.06. The normalized spacial score (nSPS) is 10.4. The number of nitrogens with one attached hydrogen (secondary N) is 2. The van der Waals surface area contributed by atoms with Gasteiger partial charge < -0.3 is 10.6 Å². The smallest absolute Gasteiger partial charge is 0.230 e. The van der Waals surface area contributed by atoms with Crippen molar-refractivity contribution >= 4 is 23.2 Å². The predicted molar refractivity (Wildman–Crippen MR) is 100.0 cm³/mol. The van der Waals surface area contributed by atoms with Crippen LogP contribution < -0.4 is 10.6 Å². The van der Waals surface area contributed by atoms with E-state index in [1.807, 2.05) is 32.0 Å². The zero-order valence-corrected chi connectivity index (χ0v) is 14.6. The highest BCUT2D eigenvalue weighted by Gasteiger charge is 2.09. The van der Waals surface area contributed by atoms with Gasteiger partial charge in [0.05, 0.1) is 6.42 Å². The van der Waals surface area contributed by atoms with Crippen LogP contribution in [0.2, 0.25) is 0 Å². The van der Waals surface area contributed by atoms with Crippen molar-refractivity contribution in [3.63, 3.8) is 0 Å². The fourth-order valence-corrected chi connectivity index (χ4v) is 2.48. The molecule has 0 unspecified atom stereocenters. The molecule has 132 valence electrons. The fourth-order valence-electron chi connectivity index (χ4n) is 2.48. The van der Waals surface area contributed by atoms with E-state index in [0.717, 1.165) is 16.8 Å². The molecule has 2 N–H and O–H groups in total. The lowest BCUT2D eigenvalue weighted by molar-refractivity contribution is -0.115. The number of halogens is 1. The van der Waals surface area contributed by atoms with Crippen LogP contribution >= 0.6 is 0 Å². The highest BCUT2D eigenvalue weighted by molar-refractivity contribution is 5.91. The Morgan fingerprint density at radius 1 is 1.00 bits per heavy atom. The van der Waals surface area contributed by atoms with Gasteiger partial charge in [-0.2, -0.15) is 0 Å². The molecular formula is C20H19FN4O. The van der Waals surface area contributed by atoms with E-state index in [0.29, 0.717) is 17.2 Å². The molecule has 1 amide bonds. The number of anilines is 3. The number of hydrogen-bond acceptors (Lipinski definition) is 4. The molecule has 0 aliphatic carbocycles. The summed E-state index contributed by atoms with van der Waals surface area (Å²) in [4.78, 5) is 12.0. The van der Waals surface area contributed by atoms with Gasteiger partial charge in [0.2, 0.25) is 5.91 Å². The Labute approximate surface area is 151 Å². The van der Waals surface area contributed by atoms with E-state index < -0.39 is 5.82 Å². The largest absolute Gasteiger partial charge is 0.339 e. The number of amides is 1. The van der Waals surface area contributed by atoms with E-state index in [9.17, 15) is 9.18 Å². The summed E-state index contributed by atoms with van der Waals surface area (Å²) >= 11 is 0. The molecule has 2 aromatic carbocycles. The molecule has 3 rings (SSSR count). The lowest BCUT2D eigenvalue weighted by atomic mass is 10.1. The molecule has 0 bridgehead atoms. The first kappa shape index (κ1) is 17.5. The summed E-state index contributed by atoms with van der Waals surface area (Å²) in [5.74, 6) is 0.144. The van der Waals surface area contributed by atoms with Crippen LogP contribution in [0, 0.1) is 19.7 Å². The van der Waals surface area contributed by atoms with Crippen LogP contribution in [-0.2, 0) is 11.2 Å². The van der Waals surface area contributed by atoms with E-state index >= 15 is 0 Å². The Morgan fingerprint density at radius 3 is 2.46 bits per heavy atom. The van der Waals surface area contributed by atoms with Gasteiger partial charge in [0.1, 0.15) is 5.82 Å². The minimum Gasteiger partial charge on any atom is -0.339 e. The summed E-state index contributed by atoms with van der Waals surface area (Å²) in [6.45, 7) is 4.02. The second kappa shape index (κ2) is 7.74. The molecule has 0 spiro atoms.